The predicted octanol–water partition coefficient (Wildman–Crippen LogP) is 11.1. The van der Waals surface area contributed by atoms with Crippen molar-refractivity contribution in [3.05, 3.63) is 113 Å². The van der Waals surface area contributed by atoms with Crippen LogP contribution in [0, 0.1) is 0 Å². The van der Waals surface area contributed by atoms with Crippen molar-refractivity contribution in [3.63, 3.8) is 0 Å². The Bertz CT molecular complexity index is 1500. The Hall–Kier alpha value is -3.35. The van der Waals surface area contributed by atoms with Gasteiger partial charge in [-0.15, -0.1) is 11.8 Å². The van der Waals surface area contributed by atoms with Crippen LogP contribution in [0.25, 0.3) is 0 Å². The summed E-state index contributed by atoms with van der Waals surface area (Å²) < 4.78 is 20.2. The first-order valence-electron chi connectivity index (χ1n) is 15.9. The lowest BCUT2D eigenvalue weighted by molar-refractivity contribution is 0.186. The van der Waals surface area contributed by atoms with Gasteiger partial charge in [0, 0.05) is 5.56 Å². The van der Waals surface area contributed by atoms with Crippen molar-refractivity contribution in [1.82, 2.24) is 0 Å². The van der Waals surface area contributed by atoms with E-state index in [0.717, 1.165) is 45.3 Å². The molecule has 5 rings (SSSR count). The number of rotatable bonds is 11. The highest BCUT2D eigenvalue weighted by Crippen LogP contribution is 2.56. The summed E-state index contributed by atoms with van der Waals surface area (Å²) in [7, 11) is -2.05. The molecule has 0 fully saturated rings. The number of fused-ring (bicyclic) bond motifs is 1. The Morgan fingerprint density at radius 1 is 0.773 bits per heavy atom. The van der Waals surface area contributed by atoms with Crippen LogP contribution >= 0.6 is 11.8 Å². The van der Waals surface area contributed by atoms with Crippen LogP contribution in [0.2, 0.25) is 16.6 Å². The number of hydrogen-bond acceptors (Lipinski definition) is 5. The lowest BCUT2D eigenvalue weighted by atomic mass is 9.99. The molecule has 4 aromatic carbocycles. The summed E-state index contributed by atoms with van der Waals surface area (Å²) in [6.07, 6.45) is 0.546. The lowest BCUT2D eigenvalue weighted by Gasteiger charge is -2.42. The van der Waals surface area contributed by atoms with Crippen LogP contribution in [-0.2, 0) is 13.0 Å². The number of benzene rings is 4. The zero-order chi connectivity index (χ0) is 31.4. The molecular formula is C38H46O4SSi. The van der Waals surface area contributed by atoms with Crippen molar-refractivity contribution in [2.45, 2.75) is 94.4 Å². The molecule has 1 heterocycles. The third-order valence-electron chi connectivity index (χ3n) is 8.98. The van der Waals surface area contributed by atoms with Crippen molar-refractivity contribution >= 4 is 20.1 Å². The molecule has 1 aliphatic heterocycles. The molecule has 0 radical (unpaired) electrons. The SMILES string of the molecule is CCc1c(OCc2ccccc2)ccc2c1O[C@H](c1ccc(O)cc1)[C@H](c1ccc(O[Si](C(C)C)(C(C)C)C(C)C)cc1)S2. The minimum Gasteiger partial charge on any atom is -0.543 e. The van der Waals surface area contributed by atoms with Gasteiger partial charge in [-0.05, 0) is 76.1 Å². The Morgan fingerprint density at radius 2 is 1.39 bits per heavy atom. The van der Waals surface area contributed by atoms with E-state index in [1.165, 1.54) is 5.56 Å². The topological polar surface area (TPSA) is 47.9 Å². The number of aromatic hydroxyl groups is 1. The second-order valence-corrected chi connectivity index (χ2v) is 19.2. The molecule has 44 heavy (non-hydrogen) atoms. The molecule has 6 heteroatoms. The van der Waals surface area contributed by atoms with Gasteiger partial charge < -0.3 is 19.0 Å². The van der Waals surface area contributed by atoms with E-state index in [1.54, 1.807) is 12.1 Å². The Morgan fingerprint density at radius 3 is 1.98 bits per heavy atom. The van der Waals surface area contributed by atoms with Gasteiger partial charge in [0.15, 0.2) is 0 Å². The molecule has 0 saturated carbocycles. The first kappa shape index (κ1) is 32.1. The minimum atomic E-state index is -2.05. The van der Waals surface area contributed by atoms with E-state index in [-0.39, 0.29) is 17.1 Å². The van der Waals surface area contributed by atoms with Gasteiger partial charge in [0.25, 0.3) is 8.32 Å². The number of hydrogen-bond donors (Lipinski definition) is 1. The highest BCUT2D eigenvalue weighted by Gasteiger charge is 2.47. The molecular weight excluding hydrogens is 581 g/mol. The van der Waals surface area contributed by atoms with E-state index in [9.17, 15) is 5.11 Å². The normalized spacial score (nSPS) is 16.6. The predicted molar refractivity (Wildman–Crippen MR) is 185 cm³/mol. The molecule has 1 N–H and O–H groups in total. The molecule has 0 aromatic heterocycles. The van der Waals surface area contributed by atoms with E-state index >= 15 is 0 Å². The zero-order valence-corrected chi connectivity index (χ0v) is 28.9. The van der Waals surface area contributed by atoms with Crippen LogP contribution in [-0.4, -0.2) is 13.4 Å². The molecule has 0 spiro atoms. The first-order chi connectivity index (χ1) is 21.1. The smallest absolute Gasteiger partial charge is 0.258 e. The molecule has 0 aliphatic carbocycles. The Balaban J connectivity index is 1.48. The average Bonchev–Trinajstić information content (AvgIpc) is 3.02. The molecule has 0 saturated heterocycles. The van der Waals surface area contributed by atoms with Crippen molar-refractivity contribution < 1.29 is 19.0 Å². The van der Waals surface area contributed by atoms with Crippen molar-refractivity contribution in [2.24, 2.45) is 0 Å². The van der Waals surface area contributed by atoms with Crippen molar-refractivity contribution in [1.29, 1.82) is 0 Å². The van der Waals surface area contributed by atoms with Crippen LogP contribution in [0.1, 0.15) is 82.1 Å². The highest BCUT2D eigenvalue weighted by molar-refractivity contribution is 7.99. The summed E-state index contributed by atoms with van der Waals surface area (Å²) in [6, 6.07) is 30.5. The zero-order valence-electron chi connectivity index (χ0n) is 27.0. The van der Waals surface area contributed by atoms with Gasteiger partial charge in [-0.25, -0.2) is 0 Å². The third kappa shape index (κ3) is 6.52. The van der Waals surface area contributed by atoms with E-state index < -0.39 is 8.32 Å². The van der Waals surface area contributed by atoms with Gasteiger partial charge in [0.2, 0.25) is 0 Å². The highest BCUT2D eigenvalue weighted by atomic mass is 32.2. The largest absolute Gasteiger partial charge is 0.543 e. The number of phenolic OH excluding ortho intramolecular Hbond substituents is 1. The Kier molecular flexibility index (Phi) is 10.0. The standard InChI is InChI=1S/C38H46O4SSi/c1-8-33-34(40-24-28-12-10-9-11-13-28)22-23-35-37(33)41-36(29-14-18-31(39)19-15-29)38(43-35)30-16-20-32(21-17-30)42-44(25(2)3,26(4)5)27(6)7/h9-23,25-27,36,38-39H,8,24H2,1-7H3/t36-,38+/m1/s1. The average molecular weight is 627 g/mol. The number of ether oxygens (including phenoxy) is 2. The van der Waals surface area contributed by atoms with Gasteiger partial charge >= 0.3 is 0 Å². The lowest BCUT2D eigenvalue weighted by Crippen LogP contribution is -2.50. The van der Waals surface area contributed by atoms with E-state index in [0.29, 0.717) is 23.2 Å². The van der Waals surface area contributed by atoms with Crippen molar-refractivity contribution in [3.8, 4) is 23.0 Å². The van der Waals surface area contributed by atoms with E-state index in [4.69, 9.17) is 13.9 Å². The maximum Gasteiger partial charge on any atom is 0.258 e. The van der Waals surface area contributed by atoms with Crippen LogP contribution in [0.15, 0.2) is 95.9 Å². The van der Waals surface area contributed by atoms with Gasteiger partial charge in [-0.1, -0.05) is 103 Å². The van der Waals surface area contributed by atoms with Gasteiger partial charge in [-0.2, -0.15) is 0 Å². The minimum absolute atomic E-state index is 0.0178. The maximum atomic E-state index is 10.0. The van der Waals surface area contributed by atoms with Crippen molar-refractivity contribution in [2.75, 3.05) is 0 Å². The summed E-state index contributed by atoms with van der Waals surface area (Å²) in [5, 5.41) is 10.1. The summed E-state index contributed by atoms with van der Waals surface area (Å²) in [4.78, 5) is 1.11. The monoisotopic (exact) mass is 626 g/mol. The van der Waals surface area contributed by atoms with E-state index in [1.807, 2.05) is 42.1 Å². The maximum absolute atomic E-state index is 10.0. The van der Waals surface area contributed by atoms with Crippen LogP contribution in [0.3, 0.4) is 0 Å². The molecule has 4 nitrogen and oxygen atoms in total. The second kappa shape index (κ2) is 13.7. The van der Waals surface area contributed by atoms with Gasteiger partial charge in [-0.3, -0.25) is 0 Å². The fraction of sp³-hybridized carbons (Fsp3) is 0.368. The molecule has 232 valence electrons. The Labute approximate surface area is 268 Å². The first-order valence-corrected chi connectivity index (χ1v) is 18.9. The van der Waals surface area contributed by atoms with Crippen LogP contribution in [0.4, 0.5) is 0 Å². The fourth-order valence-corrected chi connectivity index (χ4v) is 13.4. The molecule has 4 aromatic rings. The van der Waals surface area contributed by atoms with Crippen LogP contribution < -0.4 is 13.9 Å². The van der Waals surface area contributed by atoms with E-state index in [2.05, 4.69) is 97.0 Å². The van der Waals surface area contributed by atoms with Gasteiger partial charge in [0.1, 0.15) is 35.7 Å². The molecule has 0 amide bonds. The summed E-state index contributed by atoms with van der Waals surface area (Å²) >= 11 is 1.83. The second-order valence-electron chi connectivity index (χ2n) is 12.7. The summed E-state index contributed by atoms with van der Waals surface area (Å²) in [5.74, 6) is 2.94. The fourth-order valence-electron chi connectivity index (χ4n) is 6.84. The number of thioether (sulfide) groups is 1. The molecule has 2 atom stereocenters. The summed E-state index contributed by atoms with van der Waals surface area (Å²) in [6.45, 7) is 16.6. The molecule has 0 unspecified atom stereocenters. The third-order valence-corrected chi connectivity index (χ3v) is 16.3. The number of phenols is 1. The van der Waals surface area contributed by atoms with Crippen LogP contribution in [0.5, 0.6) is 23.0 Å². The quantitative estimate of drug-likeness (QED) is 0.168. The summed E-state index contributed by atoms with van der Waals surface area (Å²) in [5.41, 5.74) is 5.94. The molecule has 0 bridgehead atoms. The van der Waals surface area contributed by atoms with Gasteiger partial charge in [0.05, 0.1) is 10.1 Å². The molecule has 1 aliphatic rings.